The first-order valence-electron chi connectivity index (χ1n) is 6.88. The van der Waals surface area contributed by atoms with Crippen LogP contribution in [0.25, 0.3) is 0 Å². The van der Waals surface area contributed by atoms with Crippen molar-refractivity contribution in [2.24, 2.45) is 0 Å². The van der Waals surface area contributed by atoms with Gasteiger partial charge in [0.05, 0.1) is 5.56 Å². The first-order chi connectivity index (χ1) is 9.40. The predicted molar refractivity (Wildman–Crippen MR) is 81.4 cm³/mol. The fourth-order valence-corrected chi connectivity index (χ4v) is 2.38. The van der Waals surface area contributed by atoms with E-state index in [0.29, 0.717) is 17.2 Å². The molecule has 0 bridgehead atoms. The Labute approximate surface area is 120 Å². The maximum absolute atomic E-state index is 12.4. The number of amides is 1. The second-order valence-corrected chi connectivity index (χ2v) is 5.47. The van der Waals surface area contributed by atoms with Gasteiger partial charge in [-0.25, -0.2) is 0 Å². The highest BCUT2D eigenvalue weighted by Crippen LogP contribution is 2.28. The highest BCUT2D eigenvalue weighted by Gasteiger charge is 2.17. The Bertz CT molecular complexity index is 638. The molecule has 0 fully saturated rings. The van der Waals surface area contributed by atoms with Crippen molar-refractivity contribution in [3.63, 3.8) is 0 Å². The van der Waals surface area contributed by atoms with Gasteiger partial charge >= 0.3 is 0 Å². The minimum absolute atomic E-state index is 0.115. The van der Waals surface area contributed by atoms with E-state index >= 15 is 0 Å². The van der Waals surface area contributed by atoms with Crippen molar-refractivity contribution in [2.45, 2.75) is 40.5 Å². The van der Waals surface area contributed by atoms with E-state index < -0.39 is 0 Å². The number of nitrogens with one attached hydrogen (secondary N) is 1. The zero-order valence-corrected chi connectivity index (χ0v) is 12.7. The molecular formula is C17H21NO2. The molecule has 20 heavy (non-hydrogen) atoms. The van der Waals surface area contributed by atoms with Gasteiger partial charge in [-0.2, -0.15) is 0 Å². The lowest BCUT2D eigenvalue weighted by Crippen LogP contribution is -2.15. The molecule has 2 aromatic rings. The van der Waals surface area contributed by atoms with Gasteiger partial charge in [0.25, 0.3) is 5.91 Å². The average Bonchev–Trinajstić information content (AvgIpc) is 2.70. The number of furan rings is 1. The molecule has 0 aliphatic heterocycles. The Morgan fingerprint density at radius 1 is 1.20 bits per heavy atom. The summed E-state index contributed by atoms with van der Waals surface area (Å²) in [5.41, 5.74) is 3.73. The average molecular weight is 271 g/mol. The third kappa shape index (κ3) is 2.77. The molecule has 0 radical (unpaired) electrons. The van der Waals surface area contributed by atoms with E-state index in [-0.39, 0.29) is 5.91 Å². The fourth-order valence-electron chi connectivity index (χ4n) is 2.38. The van der Waals surface area contributed by atoms with E-state index in [1.807, 2.05) is 32.9 Å². The van der Waals surface area contributed by atoms with E-state index in [9.17, 15) is 4.79 Å². The molecule has 2 rings (SSSR count). The summed E-state index contributed by atoms with van der Waals surface area (Å²) in [6.07, 6.45) is 0. The Hall–Kier alpha value is -2.03. The van der Waals surface area contributed by atoms with Gasteiger partial charge in [0, 0.05) is 5.69 Å². The number of hydrogen-bond donors (Lipinski definition) is 1. The van der Waals surface area contributed by atoms with Crippen LogP contribution in [0.4, 0.5) is 5.69 Å². The summed E-state index contributed by atoms with van der Waals surface area (Å²) in [5.74, 6) is 1.65. The normalized spacial score (nSPS) is 10.9. The monoisotopic (exact) mass is 271 g/mol. The van der Waals surface area contributed by atoms with Crippen LogP contribution in [-0.2, 0) is 0 Å². The number of carbonyl (C=O) groups is 1. The Morgan fingerprint density at radius 3 is 2.45 bits per heavy atom. The minimum atomic E-state index is -0.115. The van der Waals surface area contributed by atoms with E-state index in [1.165, 1.54) is 0 Å². The number of hydrogen-bond acceptors (Lipinski definition) is 2. The fraction of sp³-hybridized carbons (Fsp3) is 0.353. The van der Waals surface area contributed by atoms with Gasteiger partial charge in [-0.3, -0.25) is 4.79 Å². The molecule has 0 aliphatic carbocycles. The quantitative estimate of drug-likeness (QED) is 0.887. The molecule has 106 valence electrons. The van der Waals surface area contributed by atoms with Crippen molar-refractivity contribution in [1.29, 1.82) is 0 Å². The van der Waals surface area contributed by atoms with Gasteiger partial charge in [0.15, 0.2) is 0 Å². The molecule has 0 spiro atoms. The standard InChI is InChI=1S/C17H21NO2/c1-10(2)14-8-6-7-11(3)16(14)18-17(19)15-9-12(4)20-13(15)5/h6-10H,1-5H3,(H,18,19). The third-order valence-electron chi connectivity index (χ3n) is 3.45. The number of aryl methyl sites for hydroxylation is 3. The van der Waals surface area contributed by atoms with E-state index in [2.05, 4.69) is 25.2 Å². The van der Waals surface area contributed by atoms with E-state index in [0.717, 1.165) is 22.6 Å². The number of benzene rings is 1. The van der Waals surface area contributed by atoms with Crippen LogP contribution >= 0.6 is 0 Å². The second kappa shape index (κ2) is 5.53. The van der Waals surface area contributed by atoms with Crippen LogP contribution in [0.15, 0.2) is 28.7 Å². The topological polar surface area (TPSA) is 42.2 Å². The molecular weight excluding hydrogens is 250 g/mol. The molecule has 1 aromatic heterocycles. The van der Waals surface area contributed by atoms with Crippen molar-refractivity contribution < 1.29 is 9.21 Å². The van der Waals surface area contributed by atoms with Gasteiger partial charge < -0.3 is 9.73 Å². The van der Waals surface area contributed by atoms with Crippen molar-refractivity contribution in [2.75, 3.05) is 5.32 Å². The van der Waals surface area contributed by atoms with Crippen LogP contribution in [0.3, 0.4) is 0 Å². The highest BCUT2D eigenvalue weighted by atomic mass is 16.3. The second-order valence-electron chi connectivity index (χ2n) is 5.47. The van der Waals surface area contributed by atoms with Gasteiger partial charge in [-0.1, -0.05) is 32.0 Å². The van der Waals surface area contributed by atoms with Crippen LogP contribution in [0.1, 0.15) is 52.8 Å². The van der Waals surface area contributed by atoms with Crippen LogP contribution in [0, 0.1) is 20.8 Å². The van der Waals surface area contributed by atoms with E-state index in [4.69, 9.17) is 4.42 Å². The summed E-state index contributed by atoms with van der Waals surface area (Å²) in [5, 5.41) is 3.03. The molecule has 0 atom stereocenters. The Kier molecular flexibility index (Phi) is 3.98. The van der Waals surface area contributed by atoms with Crippen molar-refractivity contribution in [3.05, 3.63) is 52.5 Å². The summed E-state index contributed by atoms with van der Waals surface area (Å²) in [6.45, 7) is 9.91. The predicted octanol–water partition coefficient (Wildman–Crippen LogP) is 4.58. The molecule has 1 amide bonds. The lowest BCUT2D eigenvalue weighted by atomic mass is 9.98. The number of rotatable bonds is 3. The molecule has 3 heteroatoms. The molecule has 0 unspecified atom stereocenters. The Morgan fingerprint density at radius 2 is 1.90 bits per heavy atom. The van der Waals surface area contributed by atoms with Gasteiger partial charge in [0.2, 0.25) is 0 Å². The van der Waals surface area contributed by atoms with Gasteiger partial charge in [-0.15, -0.1) is 0 Å². The lowest BCUT2D eigenvalue weighted by Gasteiger charge is -2.16. The maximum atomic E-state index is 12.4. The number of para-hydroxylation sites is 1. The van der Waals surface area contributed by atoms with Crippen LogP contribution < -0.4 is 5.32 Å². The van der Waals surface area contributed by atoms with E-state index in [1.54, 1.807) is 6.07 Å². The summed E-state index contributed by atoms with van der Waals surface area (Å²) in [6, 6.07) is 7.86. The van der Waals surface area contributed by atoms with Crippen LogP contribution in [0.5, 0.6) is 0 Å². The zero-order valence-electron chi connectivity index (χ0n) is 12.7. The summed E-state index contributed by atoms with van der Waals surface area (Å²) < 4.78 is 5.42. The number of anilines is 1. The van der Waals surface area contributed by atoms with Crippen molar-refractivity contribution in [1.82, 2.24) is 0 Å². The molecule has 1 heterocycles. The van der Waals surface area contributed by atoms with Crippen molar-refractivity contribution >= 4 is 11.6 Å². The molecule has 0 saturated carbocycles. The zero-order chi connectivity index (χ0) is 14.9. The highest BCUT2D eigenvalue weighted by molar-refractivity contribution is 6.05. The largest absolute Gasteiger partial charge is 0.466 e. The summed E-state index contributed by atoms with van der Waals surface area (Å²) in [7, 11) is 0. The lowest BCUT2D eigenvalue weighted by molar-refractivity contribution is 0.102. The van der Waals surface area contributed by atoms with Gasteiger partial charge in [-0.05, 0) is 43.9 Å². The molecule has 1 N–H and O–H groups in total. The smallest absolute Gasteiger partial charge is 0.259 e. The maximum Gasteiger partial charge on any atom is 0.259 e. The molecule has 1 aromatic carbocycles. The first-order valence-corrected chi connectivity index (χ1v) is 6.88. The molecule has 3 nitrogen and oxygen atoms in total. The Balaban J connectivity index is 2.35. The van der Waals surface area contributed by atoms with Crippen molar-refractivity contribution in [3.8, 4) is 0 Å². The number of carbonyl (C=O) groups excluding carboxylic acids is 1. The molecule has 0 aliphatic rings. The third-order valence-corrected chi connectivity index (χ3v) is 3.45. The van der Waals surface area contributed by atoms with Crippen LogP contribution in [0.2, 0.25) is 0 Å². The summed E-state index contributed by atoms with van der Waals surface area (Å²) in [4.78, 5) is 12.4. The minimum Gasteiger partial charge on any atom is -0.466 e. The summed E-state index contributed by atoms with van der Waals surface area (Å²) >= 11 is 0. The first kappa shape index (κ1) is 14.4. The SMILES string of the molecule is Cc1cc(C(=O)Nc2c(C)cccc2C(C)C)c(C)o1. The van der Waals surface area contributed by atoms with Crippen LogP contribution in [-0.4, -0.2) is 5.91 Å². The van der Waals surface area contributed by atoms with Gasteiger partial charge in [0.1, 0.15) is 11.5 Å². The molecule has 0 saturated heterocycles.